The molecule has 3 amide bonds. The first kappa shape index (κ1) is 39.8. The number of unbranched alkanes of at least 4 members (excludes halogenated alkanes) is 2. The number of nitrogens with one attached hydrogen (secondary N) is 2. The summed E-state index contributed by atoms with van der Waals surface area (Å²) in [6.45, 7) is 5.48. The molecule has 54 heavy (non-hydrogen) atoms. The summed E-state index contributed by atoms with van der Waals surface area (Å²) in [5.41, 5.74) is 9.40. The molecule has 1 aliphatic heterocycles. The van der Waals surface area contributed by atoms with Crippen LogP contribution in [0.3, 0.4) is 0 Å². The van der Waals surface area contributed by atoms with Crippen LogP contribution < -0.4 is 25.8 Å². The number of hydrogen-bond donors (Lipinski definition) is 4. The first-order valence-electron chi connectivity index (χ1n) is 18.7. The number of anilines is 3. The number of nitrogens with zero attached hydrogens (tertiary/aromatic N) is 2. The zero-order valence-corrected chi connectivity index (χ0v) is 31.5. The number of carbonyl (C=O) groups is 3. The average molecular weight is 736 g/mol. The predicted molar refractivity (Wildman–Crippen MR) is 212 cm³/mol. The highest BCUT2D eigenvalue weighted by Gasteiger charge is 2.31. The molecule has 11 nitrogen and oxygen atoms in total. The zero-order chi connectivity index (χ0) is 38.5. The number of nitrogen functional groups attached to an aromatic ring is 1. The van der Waals surface area contributed by atoms with Crippen LogP contribution in [0.15, 0.2) is 97.1 Å². The number of aliphatic hydroxyl groups is 1. The largest absolute Gasteiger partial charge is 0.488 e. The van der Waals surface area contributed by atoms with E-state index in [0.29, 0.717) is 73.7 Å². The van der Waals surface area contributed by atoms with E-state index >= 15 is 0 Å². The van der Waals surface area contributed by atoms with Gasteiger partial charge in [0.15, 0.2) is 0 Å². The maximum Gasteiger partial charge on any atom is 0.227 e. The van der Waals surface area contributed by atoms with E-state index in [1.165, 1.54) is 0 Å². The molecule has 0 saturated carbocycles. The average Bonchev–Trinajstić information content (AvgIpc) is 3.20. The maximum absolute atomic E-state index is 13.7. The van der Waals surface area contributed by atoms with Crippen molar-refractivity contribution in [1.29, 1.82) is 0 Å². The van der Waals surface area contributed by atoms with Crippen LogP contribution in [0.25, 0.3) is 0 Å². The number of aliphatic hydroxyl groups excluding tert-OH is 1. The zero-order valence-electron chi connectivity index (χ0n) is 31.5. The first-order valence-corrected chi connectivity index (χ1v) is 18.7. The molecule has 0 radical (unpaired) electrons. The van der Waals surface area contributed by atoms with Gasteiger partial charge in [-0.15, -0.1) is 0 Å². The minimum atomic E-state index is -0.359. The van der Waals surface area contributed by atoms with Crippen molar-refractivity contribution in [1.82, 2.24) is 9.80 Å². The van der Waals surface area contributed by atoms with Crippen molar-refractivity contribution in [3.05, 3.63) is 108 Å². The third kappa shape index (κ3) is 11.8. The fraction of sp³-hybridized carbons (Fsp3) is 0.372. The summed E-state index contributed by atoms with van der Waals surface area (Å²) in [5, 5.41) is 15.8. The van der Waals surface area contributed by atoms with E-state index in [0.717, 1.165) is 23.5 Å². The van der Waals surface area contributed by atoms with Crippen molar-refractivity contribution in [2.75, 3.05) is 43.1 Å². The van der Waals surface area contributed by atoms with Gasteiger partial charge in [0, 0.05) is 49.6 Å². The second-order valence-electron chi connectivity index (χ2n) is 14.2. The summed E-state index contributed by atoms with van der Waals surface area (Å²) in [7, 11) is 2.05. The lowest BCUT2D eigenvalue weighted by molar-refractivity contribution is -0.134. The Labute approximate surface area is 318 Å². The Bertz CT molecular complexity index is 1840. The van der Waals surface area contributed by atoms with Gasteiger partial charge < -0.3 is 35.8 Å². The van der Waals surface area contributed by atoms with E-state index < -0.39 is 0 Å². The number of carbonyl (C=O) groups excluding carboxylic acids is 3. The van der Waals surface area contributed by atoms with Gasteiger partial charge in [0.05, 0.1) is 30.4 Å². The topological polar surface area (TPSA) is 146 Å². The molecule has 0 unspecified atom stereocenters. The molecule has 4 aromatic carbocycles. The van der Waals surface area contributed by atoms with Gasteiger partial charge in [0.1, 0.15) is 23.4 Å². The van der Waals surface area contributed by atoms with Gasteiger partial charge in [-0.3, -0.25) is 19.3 Å². The second-order valence-corrected chi connectivity index (χ2v) is 14.2. The highest BCUT2D eigenvalue weighted by Crippen LogP contribution is 2.30. The van der Waals surface area contributed by atoms with Crippen LogP contribution in [0.1, 0.15) is 57.1 Å². The number of benzene rings is 4. The van der Waals surface area contributed by atoms with Crippen molar-refractivity contribution in [3.8, 4) is 17.2 Å². The lowest BCUT2D eigenvalue weighted by atomic mass is 10.0. The highest BCUT2D eigenvalue weighted by atomic mass is 16.5. The molecule has 0 bridgehead atoms. The van der Waals surface area contributed by atoms with Gasteiger partial charge in [-0.1, -0.05) is 55.8 Å². The molecule has 286 valence electrons. The summed E-state index contributed by atoms with van der Waals surface area (Å²) >= 11 is 0. The van der Waals surface area contributed by atoms with Gasteiger partial charge in [0.2, 0.25) is 17.7 Å². The Morgan fingerprint density at radius 2 is 1.59 bits per heavy atom. The summed E-state index contributed by atoms with van der Waals surface area (Å²) in [6.07, 6.45) is 2.46. The van der Waals surface area contributed by atoms with Crippen molar-refractivity contribution >= 4 is 34.8 Å². The van der Waals surface area contributed by atoms with Crippen LogP contribution in [-0.4, -0.2) is 71.5 Å². The molecule has 5 N–H and O–H groups in total. The molecular weight excluding hydrogens is 683 g/mol. The van der Waals surface area contributed by atoms with Crippen LogP contribution in [-0.2, 0) is 27.3 Å². The number of hydrogen-bond acceptors (Lipinski definition) is 8. The van der Waals surface area contributed by atoms with E-state index in [1.54, 1.807) is 23.1 Å². The van der Waals surface area contributed by atoms with Crippen molar-refractivity contribution in [2.45, 2.75) is 71.1 Å². The van der Waals surface area contributed by atoms with Gasteiger partial charge >= 0.3 is 0 Å². The highest BCUT2D eigenvalue weighted by molar-refractivity contribution is 5.94. The van der Waals surface area contributed by atoms with E-state index in [2.05, 4.69) is 34.6 Å². The third-order valence-corrected chi connectivity index (χ3v) is 9.59. The number of likely N-dealkylation sites (N-methyl/N-ethyl adjacent to an activating group) is 1. The van der Waals surface area contributed by atoms with Crippen LogP contribution >= 0.6 is 0 Å². The summed E-state index contributed by atoms with van der Waals surface area (Å²) in [4.78, 5) is 42.8. The Balaban J connectivity index is 1.18. The summed E-state index contributed by atoms with van der Waals surface area (Å²) < 4.78 is 12.6. The number of rotatable bonds is 16. The molecule has 0 spiro atoms. The number of nitrogens with two attached hydrogens (primary N) is 1. The Morgan fingerprint density at radius 3 is 2.30 bits per heavy atom. The molecule has 0 aromatic heterocycles. The predicted octanol–water partition coefficient (Wildman–Crippen LogP) is 6.87. The Morgan fingerprint density at radius 1 is 0.926 bits per heavy atom. The van der Waals surface area contributed by atoms with Crippen LogP contribution in [0, 0.1) is 5.92 Å². The number of ether oxygens (including phenoxy) is 2. The van der Waals surface area contributed by atoms with Crippen molar-refractivity contribution in [3.63, 3.8) is 0 Å². The first-order chi connectivity index (χ1) is 26.1. The monoisotopic (exact) mass is 735 g/mol. The van der Waals surface area contributed by atoms with Crippen LogP contribution in [0.4, 0.5) is 17.1 Å². The smallest absolute Gasteiger partial charge is 0.227 e. The van der Waals surface area contributed by atoms with Crippen LogP contribution in [0.5, 0.6) is 17.2 Å². The fourth-order valence-electron chi connectivity index (χ4n) is 6.49. The standard InChI is InChI=1S/C43H53N5O6/c1-30-26-48(31(2)29-49)43(52)25-33-24-34(45-41(50)16-8-5-9-17-42(51)46-38-15-11-10-14-37(38)44)20-23-39(33)54-40(30)28-47(3)27-32-18-21-36(22-19-32)53-35-12-6-4-7-13-35/h4,6-7,10-15,18-24,30-31,40,49H,5,8-9,16-17,25-29,44H2,1-3H3,(H,45,50)(H,46,51)/t30-,31-,40+/m0/s1. The molecule has 5 rings (SSSR count). The summed E-state index contributed by atoms with van der Waals surface area (Å²) in [6, 6.07) is 29.9. The Hall–Kier alpha value is -5.39. The molecular formula is C43H53N5O6. The SMILES string of the molecule is C[C@H]1CN([C@@H](C)CO)C(=O)Cc2cc(NC(=O)CCCCCC(=O)Nc3ccccc3N)ccc2O[C@@H]1CN(C)Cc1ccc(Oc2ccccc2)cc1. The number of fused-ring (bicyclic) bond motifs is 1. The molecule has 4 aromatic rings. The lowest BCUT2D eigenvalue weighted by Crippen LogP contribution is -2.47. The molecule has 0 fully saturated rings. The van der Waals surface area contributed by atoms with E-state index in [4.69, 9.17) is 15.2 Å². The summed E-state index contributed by atoms with van der Waals surface area (Å²) in [5.74, 6) is 1.75. The number of para-hydroxylation sites is 3. The molecule has 0 saturated heterocycles. The van der Waals surface area contributed by atoms with E-state index in [9.17, 15) is 19.5 Å². The minimum Gasteiger partial charge on any atom is -0.488 e. The normalized spacial score (nSPS) is 16.3. The number of amides is 3. The van der Waals surface area contributed by atoms with E-state index in [1.807, 2.05) is 80.7 Å². The van der Waals surface area contributed by atoms with Gasteiger partial charge in [-0.05, 0) is 87.0 Å². The Kier molecular flexibility index (Phi) is 14.5. The van der Waals surface area contributed by atoms with Gasteiger partial charge in [-0.25, -0.2) is 0 Å². The van der Waals surface area contributed by atoms with Gasteiger partial charge in [0.25, 0.3) is 0 Å². The van der Waals surface area contributed by atoms with Crippen molar-refractivity contribution < 1.29 is 29.0 Å². The quantitative estimate of drug-likeness (QED) is 0.0721. The molecule has 1 aliphatic rings. The second kappa shape index (κ2) is 19.6. The fourth-order valence-corrected chi connectivity index (χ4v) is 6.49. The van der Waals surface area contributed by atoms with Crippen LogP contribution in [0.2, 0.25) is 0 Å². The minimum absolute atomic E-state index is 0.0417. The maximum atomic E-state index is 13.7. The molecule has 1 heterocycles. The molecule has 0 aliphatic carbocycles. The van der Waals surface area contributed by atoms with Gasteiger partial charge in [-0.2, -0.15) is 0 Å². The molecule has 11 heteroatoms. The lowest BCUT2D eigenvalue weighted by Gasteiger charge is -2.34. The third-order valence-electron chi connectivity index (χ3n) is 9.59. The van der Waals surface area contributed by atoms with E-state index in [-0.39, 0.29) is 48.8 Å². The molecule has 3 atom stereocenters. The van der Waals surface area contributed by atoms with Crippen molar-refractivity contribution in [2.24, 2.45) is 5.92 Å².